The molecule has 0 spiro atoms. The average molecular weight is 267 g/mol. The monoisotopic (exact) mass is 266 g/mol. The van der Waals surface area contributed by atoms with Gasteiger partial charge in [0.25, 0.3) is 0 Å². The predicted octanol–water partition coefficient (Wildman–Crippen LogP) is 0.974. The Kier molecular flexibility index (Phi) is 6.34. The number of rotatable bonds is 2. The van der Waals surface area contributed by atoms with E-state index in [1.165, 1.54) is 11.1 Å². The Labute approximate surface area is 141 Å². The van der Waals surface area contributed by atoms with Crippen molar-refractivity contribution in [3.05, 3.63) is 71.8 Å². The SMILES string of the molecule is C(=C\c1ccccc1)/c1ccccc1.[H-].[Rb+]. The maximum atomic E-state index is 2.12. The van der Waals surface area contributed by atoms with Gasteiger partial charge in [0.1, 0.15) is 0 Å². The van der Waals surface area contributed by atoms with Gasteiger partial charge in [-0.2, -0.15) is 0 Å². The summed E-state index contributed by atoms with van der Waals surface area (Å²) in [5, 5.41) is 0. The minimum atomic E-state index is 0. The quantitative estimate of drug-likeness (QED) is 0.711. The molecule has 0 unspecified atom stereocenters. The summed E-state index contributed by atoms with van der Waals surface area (Å²) in [6.45, 7) is 0. The van der Waals surface area contributed by atoms with E-state index in [-0.39, 0.29) is 59.6 Å². The number of benzene rings is 2. The Morgan fingerprint density at radius 3 is 1.27 bits per heavy atom. The van der Waals surface area contributed by atoms with Crippen molar-refractivity contribution in [3.8, 4) is 0 Å². The van der Waals surface area contributed by atoms with Crippen molar-refractivity contribution in [1.29, 1.82) is 0 Å². The summed E-state index contributed by atoms with van der Waals surface area (Å²) in [4.78, 5) is 0. The molecule has 15 heavy (non-hydrogen) atoms. The molecule has 0 heterocycles. The van der Waals surface area contributed by atoms with E-state index in [0.717, 1.165) is 0 Å². The van der Waals surface area contributed by atoms with Crippen LogP contribution in [0.4, 0.5) is 0 Å². The molecule has 0 amide bonds. The normalized spacial score (nSPS) is 9.87. The minimum Gasteiger partial charge on any atom is -1.00 e. The number of hydrogen-bond donors (Lipinski definition) is 0. The second kappa shape index (κ2) is 7.29. The average Bonchev–Trinajstić information content (AvgIpc) is 2.29. The molecule has 2 rings (SSSR count). The molecule has 1 heteroatoms. The fourth-order valence-electron chi connectivity index (χ4n) is 1.32. The van der Waals surface area contributed by atoms with Crippen LogP contribution in [0.15, 0.2) is 60.7 Å². The van der Waals surface area contributed by atoms with Crippen LogP contribution in [0.2, 0.25) is 0 Å². The summed E-state index contributed by atoms with van der Waals surface area (Å²) >= 11 is 0. The topological polar surface area (TPSA) is 0 Å². The molecule has 2 aromatic rings. The predicted molar refractivity (Wildman–Crippen MR) is 62.9 cm³/mol. The number of hydrogen-bond acceptors (Lipinski definition) is 0. The summed E-state index contributed by atoms with van der Waals surface area (Å²) < 4.78 is 0. The molecule has 0 radical (unpaired) electrons. The molecule has 0 nitrogen and oxygen atoms in total. The van der Waals surface area contributed by atoms with Crippen molar-refractivity contribution in [2.24, 2.45) is 0 Å². The molecule has 0 aliphatic rings. The second-order valence-corrected chi connectivity index (χ2v) is 3.15. The van der Waals surface area contributed by atoms with Gasteiger partial charge >= 0.3 is 58.2 Å². The first kappa shape index (κ1) is 13.1. The minimum absolute atomic E-state index is 0. The van der Waals surface area contributed by atoms with Crippen LogP contribution in [0.1, 0.15) is 12.6 Å². The Morgan fingerprint density at radius 1 is 0.600 bits per heavy atom. The van der Waals surface area contributed by atoms with E-state index in [4.69, 9.17) is 0 Å². The molecule has 0 atom stereocenters. The fraction of sp³-hybridized carbons (Fsp3) is 0. The molecule has 0 N–H and O–H groups in total. The van der Waals surface area contributed by atoms with Crippen molar-refractivity contribution in [1.82, 2.24) is 0 Å². The van der Waals surface area contributed by atoms with Gasteiger partial charge in [-0.25, -0.2) is 0 Å². The van der Waals surface area contributed by atoms with E-state index in [2.05, 4.69) is 36.4 Å². The molecule has 0 fully saturated rings. The standard InChI is InChI=1S/C14H12.Rb.H/c1-3-7-13(8-4-1)11-12-14-9-5-2-6-10-14;;/h1-12H;;/q;+1;-1/b12-11+;;. The van der Waals surface area contributed by atoms with E-state index in [9.17, 15) is 0 Å². The molecule has 0 saturated heterocycles. The van der Waals surface area contributed by atoms with Crippen LogP contribution in [0.5, 0.6) is 0 Å². The maximum Gasteiger partial charge on any atom is 1.00 e. The van der Waals surface area contributed by atoms with Gasteiger partial charge in [-0.1, -0.05) is 72.8 Å². The third kappa shape index (κ3) is 4.56. The summed E-state index contributed by atoms with van der Waals surface area (Å²) in [6, 6.07) is 20.6. The molecular weight excluding hydrogens is 254 g/mol. The first-order valence-corrected chi connectivity index (χ1v) is 4.73. The van der Waals surface area contributed by atoms with Gasteiger partial charge in [0.2, 0.25) is 0 Å². The zero-order valence-electron chi connectivity index (χ0n) is 9.93. The Hall–Kier alpha value is -0.0148. The van der Waals surface area contributed by atoms with Crippen LogP contribution in [0.3, 0.4) is 0 Å². The van der Waals surface area contributed by atoms with E-state index >= 15 is 0 Å². The van der Waals surface area contributed by atoms with Crippen molar-refractivity contribution in [3.63, 3.8) is 0 Å². The Morgan fingerprint density at radius 2 is 0.933 bits per heavy atom. The van der Waals surface area contributed by atoms with Crippen molar-refractivity contribution >= 4 is 12.2 Å². The van der Waals surface area contributed by atoms with Gasteiger partial charge < -0.3 is 1.43 Å². The molecule has 2 aromatic carbocycles. The van der Waals surface area contributed by atoms with Crippen LogP contribution in [0.25, 0.3) is 12.2 Å². The van der Waals surface area contributed by atoms with Gasteiger partial charge in [0.15, 0.2) is 0 Å². The summed E-state index contributed by atoms with van der Waals surface area (Å²) in [5.41, 5.74) is 2.47. The smallest absolute Gasteiger partial charge is 1.00 e. The molecule has 0 aliphatic heterocycles. The molecule has 70 valence electrons. The van der Waals surface area contributed by atoms with Crippen LogP contribution < -0.4 is 58.2 Å². The van der Waals surface area contributed by atoms with E-state index < -0.39 is 0 Å². The van der Waals surface area contributed by atoms with E-state index in [1.54, 1.807) is 0 Å². The van der Waals surface area contributed by atoms with Crippen molar-refractivity contribution < 1.29 is 59.6 Å². The van der Waals surface area contributed by atoms with Gasteiger partial charge in [-0.3, -0.25) is 0 Å². The molecule has 0 aromatic heterocycles. The van der Waals surface area contributed by atoms with Gasteiger partial charge in [-0.15, -0.1) is 0 Å². The zero-order valence-corrected chi connectivity index (χ0v) is 13.8. The van der Waals surface area contributed by atoms with Crippen molar-refractivity contribution in [2.45, 2.75) is 0 Å². The Bertz CT molecular complexity index is 368. The third-order valence-electron chi connectivity index (χ3n) is 2.07. The molecule has 0 saturated carbocycles. The van der Waals surface area contributed by atoms with Crippen molar-refractivity contribution in [2.75, 3.05) is 0 Å². The molecule has 0 bridgehead atoms. The zero-order chi connectivity index (χ0) is 9.64. The summed E-state index contributed by atoms with van der Waals surface area (Å²) in [7, 11) is 0. The van der Waals surface area contributed by atoms with Crippen LogP contribution in [-0.4, -0.2) is 0 Å². The first-order valence-electron chi connectivity index (χ1n) is 4.73. The van der Waals surface area contributed by atoms with E-state index in [1.807, 2.05) is 36.4 Å². The van der Waals surface area contributed by atoms with E-state index in [0.29, 0.717) is 0 Å². The largest absolute Gasteiger partial charge is 1.00 e. The fourth-order valence-corrected chi connectivity index (χ4v) is 1.32. The Balaban J connectivity index is 0.00000112. The van der Waals surface area contributed by atoms with Crippen LogP contribution >= 0.6 is 0 Å². The summed E-state index contributed by atoms with van der Waals surface area (Å²) in [5.74, 6) is 0. The second-order valence-electron chi connectivity index (χ2n) is 3.15. The maximum absolute atomic E-state index is 2.12. The van der Waals surface area contributed by atoms with Gasteiger partial charge in [0.05, 0.1) is 0 Å². The van der Waals surface area contributed by atoms with Crippen LogP contribution in [-0.2, 0) is 0 Å². The van der Waals surface area contributed by atoms with Gasteiger partial charge in [0, 0.05) is 0 Å². The molecular formula is C14H13Rb. The summed E-state index contributed by atoms with van der Waals surface area (Å²) in [6.07, 6.45) is 4.24. The molecule has 0 aliphatic carbocycles. The van der Waals surface area contributed by atoms with Gasteiger partial charge in [-0.05, 0) is 11.1 Å². The first-order chi connectivity index (χ1) is 6.95. The van der Waals surface area contributed by atoms with Crippen LogP contribution in [0, 0.1) is 0 Å². The third-order valence-corrected chi connectivity index (χ3v) is 2.07.